The summed E-state index contributed by atoms with van der Waals surface area (Å²) in [6.07, 6.45) is 1.63. The van der Waals surface area contributed by atoms with E-state index in [1.165, 1.54) is 0 Å². The Labute approximate surface area is 101 Å². The molecule has 1 rings (SSSR count). The summed E-state index contributed by atoms with van der Waals surface area (Å²) >= 11 is 0. The van der Waals surface area contributed by atoms with E-state index in [0.717, 1.165) is 0 Å². The van der Waals surface area contributed by atoms with Gasteiger partial charge in [0.2, 0.25) is 0 Å². The molecule has 0 saturated heterocycles. The molecule has 1 aromatic rings. The molecule has 94 valence electrons. The molecule has 0 fully saturated rings. The summed E-state index contributed by atoms with van der Waals surface area (Å²) < 4.78 is 0. The van der Waals surface area contributed by atoms with E-state index in [1.807, 2.05) is 13.8 Å². The number of hydrogen-bond donors (Lipinski definition) is 2. The normalized spacial score (nSPS) is 10.8. The highest BCUT2D eigenvalue weighted by Crippen LogP contribution is 2.15. The van der Waals surface area contributed by atoms with E-state index in [2.05, 4.69) is 20.7 Å². The Bertz CT molecular complexity index is 403. The smallest absolute Gasteiger partial charge is 0.286 e. The van der Waals surface area contributed by atoms with Gasteiger partial charge in [-0.2, -0.15) is 0 Å². The molecule has 2 N–H and O–H groups in total. The predicted molar refractivity (Wildman–Crippen MR) is 66.8 cm³/mol. The van der Waals surface area contributed by atoms with E-state index < -0.39 is 0 Å². The van der Waals surface area contributed by atoms with E-state index >= 15 is 0 Å². The number of carbonyl (C=O) groups is 1. The number of anilines is 1. The van der Waals surface area contributed by atoms with Gasteiger partial charge in [0, 0.05) is 27.1 Å². The molecule has 1 aromatic heterocycles. The Morgan fingerprint density at radius 3 is 2.53 bits per heavy atom. The molecule has 0 unspecified atom stereocenters. The van der Waals surface area contributed by atoms with Crippen molar-refractivity contribution in [3.8, 4) is 0 Å². The van der Waals surface area contributed by atoms with Gasteiger partial charge in [-0.05, 0) is 0 Å². The molecule has 0 saturated carbocycles. The summed E-state index contributed by atoms with van der Waals surface area (Å²) in [6, 6.07) is 0. The average molecular weight is 237 g/mol. The molecule has 17 heavy (non-hydrogen) atoms. The SMILES string of the molecule is CNc1cnc(C(C)C)nc1C(=O)NN(C)C. The molecule has 0 aliphatic heterocycles. The van der Waals surface area contributed by atoms with Crippen LogP contribution >= 0.6 is 0 Å². The zero-order valence-electron chi connectivity index (χ0n) is 10.9. The minimum atomic E-state index is -0.247. The lowest BCUT2D eigenvalue weighted by molar-refractivity contribution is 0.0852. The van der Waals surface area contributed by atoms with Crippen LogP contribution in [0, 0.1) is 0 Å². The maximum absolute atomic E-state index is 11.9. The summed E-state index contributed by atoms with van der Waals surface area (Å²) in [5, 5.41) is 4.49. The van der Waals surface area contributed by atoms with Gasteiger partial charge in [0.1, 0.15) is 5.82 Å². The zero-order valence-corrected chi connectivity index (χ0v) is 10.9. The van der Waals surface area contributed by atoms with Crippen LogP contribution in [0.25, 0.3) is 0 Å². The highest BCUT2D eigenvalue weighted by molar-refractivity contribution is 5.97. The van der Waals surface area contributed by atoms with Crippen molar-refractivity contribution in [2.45, 2.75) is 19.8 Å². The van der Waals surface area contributed by atoms with Gasteiger partial charge in [-0.25, -0.2) is 15.0 Å². The molecule has 0 bridgehead atoms. The van der Waals surface area contributed by atoms with Crippen molar-refractivity contribution >= 4 is 11.6 Å². The molecule has 0 spiro atoms. The number of carbonyl (C=O) groups excluding carboxylic acids is 1. The van der Waals surface area contributed by atoms with E-state index in [9.17, 15) is 4.79 Å². The highest BCUT2D eigenvalue weighted by Gasteiger charge is 2.16. The van der Waals surface area contributed by atoms with Crippen molar-refractivity contribution in [3.05, 3.63) is 17.7 Å². The third-order valence-electron chi connectivity index (χ3n) is 2.13. The number of nitrogens with one attached hydrogen (secondary N) is 2. The van der Waals surface area contributed by atoms with Crippen molar-refractivity contribution in [1.29, 1.82) is 0 Å². The minimum absolute atomic E-state index is 0.187. The fourth-order valence-corrected chi connectivity index (χ4v) is 1.29. The second-order valence-electron chi connectivity index (χ2n) is 4.23. The average Bonchev–Trinajstić information content (AvgIpc) is 2.27. The maximum atomic E-state index is 11.9. The van der Waals surface area contributed by atoms with E-state index in [1.54, 1.807) is 32.3 Å². The molecule has 0 atom stereocenters. The molecule has 1 amide bonds. The van der Waals surface area contributed by atoms with Crippen molar-refractivity contribution in [3.63, 3.8) is 0 Å². The lowest BCUT2D eigenvalue weighted by Gasteiger charge is -2.14. The Kier molecular flexibility index (Phi) is 4.39. The first-order chi connectivity index (χ1) is 7.95. The fraction of sp³-hybridized carbons (Fsp3) is 0.545. The molecule has 0 aromatic carbocycles. The lowest BCUT2D eigenvalue weighted by Crippen LogP contribution is -2.37. The fourth-order valence-electron chi connectivity index (χ4n) is 1.29. The van der Waals surface area contributed by atoms with Crippen LogP contribution in [0.2, 0.25) is 0 Å². The number of rotatable bonds is 4. The first-order valence-corrected chi connectivity index (χ1v) is 5.48. The lowest BCUT2D eigenvalue weighted by atomic mass is 10.2. The first kappa shape index (κ1) is 13.4. The molecule has 0 aliphatic carbocycles. The maximum Gasteiger partial charge on any atom is 0.286 e. The third kappa shape index (κ3) is 3.39. The van der Waals surface area contributed by atoms with Crippen molar-refractivity contribution in [2.75, 3.05) is 26.5 Å². The van der Waals surface area contributed by atoms with Gasteiger partial charge in [0.15, 0.2) is 5.69 Å². The van der Waals surface area contributed by atoms with Crippen LogP contribution in [0.15, 0.2) is 6.20 Å². The molecule has 6 nitrogen and oxygen atoms in total. The number of aromatic nitrogens is 2. The van der Waals surface area contributed by atoms with Gasteiger partial charge in [-0.3, -0.25) is 10.2 Å². The topological polar surface area (TPSA) is 70.1 Å². The number of amides is 1. The quantitative estimate of drug-likeness (QED) is 0.760. The summed E-state index contributed by atoms with van der Waals surface area (Å²) in [5.41, 5.74) is 3.64. The second-order valence-corrected chi connectivity index (χ2v) is 4.23. The van der Waals surface area contributed by atoms with E-state index in [-0.39, 0.29) is 11.8 Å². The number of hydrazine groups is 1. The Morgan fingerprint density at radius 1 is 1.41 bits per heavy atom. The summed E-state index contributed by atoms with van der Waals surface area (Å²) in [7, 11) is 5.24. The van der Waals surface area contributed by atoms with Crippen molar-refractivity contribution in [1.82, 2.24) is 20.4 Å². The third-order valence-corrected chi connectivity index (χ3v) is 2.13. The molecular weight excluding hydrogens is 218 g/mol. The predicted octanol–water partition coefficient (Wildman–Crippen LogP) is 0.848. The number of nitrogens with zero attached hydrogens (tertiary/aromatic N) is 3. The van der Waals surface area contributed by atoms with Gasteiger partial charge < -0.3 is 5.32 Å². The summed E-state index contributed by atoms with van der Waals surface area (Å²) in [4.78, 5) is 20.4. The van der Waals surface area contributed by atoms with Crippen molar-refractivity contribution < 1.29 is 4.79 Å². The summed E-state index contributed by atoms with van der Waals surface area (Å²) in [5.74, 6) is 0.600. The summed E-state index contributed by atoms with van der Waals surface area (Å²) in [6.45, 7) is 3.98. The van der Waals surface area contributed by atoms with Crippen LogP contribution in [0.4, 0.5) is 5.69 Å². The van der Waals surface area contributed by atoms with Gasteiger partial charge in [0.25, 0.3) is 5.91 Å². The van der Waals surface area contributed by atoms with Crippen LogP contribution < -0.4 is 10.7 Å². The van der Waals surface area contributed by atoms with E-state index in [4.69, 9.17) is 0 Å². The molecule has 6 heteroatoms. The van der Waals surface area contributed by atoms with Gasteiger partial charge in [0.05, 0.1) is 11.9 Å². The Morgan fingerprint density at radius 2 is 2.06 bits per heavy atom. The van der Waals surface area contributed by atoms with Gasteiger partial charge in [-0.1, -0.05) is 13.8 Å². The van der Waals surface area contributed by atoms with Crippen molar-refractivity contribution in [2.24, 2.45) is 0 Å². The standard InChI is InChI=1S/C11H19N5O/c1-7(2)10-13-6-8(12-3)9(14-10)11(17)15-16(4)5/h6-7,12H,1-5H3,(H,15,17). The molecule has 1 heterocycles. The molecule has 0 aliphatic rings. The van der Waals surface area contributed by atoms with Crippen LogP contribution in [-0.4, -0.2) is 42.0 Å². The van der Waals surface area contributed by atoms with Crippen LogP contribution in [0.1, 0.15) is 36.1 Å². The monoisotopic (exact) mass is 237 g/mol. The minimum Gasteiger partial charge on any atom is -0.385 e. The van der Waals surface area contributed by atoms with Crippen LogP contribution in [-0.2, 0) is 0 Å². The Hall–Kier alpha value is -1.69. The first-order valence-electron chi connectivity index (χ1n) is 5.48. The van der Waals surface area contributed by atoms with Gasteiger partial charge in [-0.15, -0.1) is 0 Å². The largest absolute Gasteiger partial charge is 0.385 e. The number of hydrogen-bond acceptors (Lipinski definition) is 5. The van der Waals surface area contributed by atoms with Crippen LogP contribution in [0.5, 0.6) is 0 Å². The Balaban J connectivity index is 3.09. The van der Waals surface area contributed by atoms with Gasteiger partial charge >= 0.3 is 0 Å². The molecule has 0 radical (unpaired) electrons. The second kappa shape index (κ2) is 5.58. The highest BCUT2D eigenvalue weighted by atomic mass is 16.2. The van der Waals surface area contributed by atoms with Crippen LogP contribution in [0.3, 0.4) is 0 Å². The molecular formula is C11H19N5O. The van der Waals surface area contributed by atoms with E-state index in [0.29, 0.717) is 17.2 Å². The zero-order chi connectivity index (χ0) is 13.0.